The van der Waals surface area contributed by atoms with Crippen LogP contribution in [-0.4, -0.2) is 11.5 Å². The maximum atomic E-state index is 5.79. The van der Waals surface area contributed by atoms with Crippen molar-refractivity contribution in [2.45, 2.75) is 27.2 Å². The monoisotopic (exact) mass is 193 g/mol. The third kappa shape index (κ3) is 2.91. The van der Waals surface area contributed by atoms with E-state index in [9.17, 15) is 0 Å². The van der Waals surface area contributed by atoms with E-state index in [-0.39, 0.29) is 0 Å². The van der Waals surface area contributed by atoms with E-state index in [0.29, 0.717) is 5.92 Å². The van der Waals surface area contributed by atoms with Crippen molar-refractivity contribution in [1.29, 1.82) is 0 Å². The second-order valence-electron chi connectivity index (χ2n) is 3.78. The van der Waals surface area contributed by atoms with Crippen LogP contribution in [0, 0.1) is 12.8 Å². The molecule has 0 amide bonds. The molecule has 1 unspecified atom stereocenters. The second kappa shape index (κ2) is 4.84. The van der Waals surface area contributed by atoms with Crippen LogP contribution in [0.25, 0.3) is 0 Å². The molecule has 0 aromatic carbocycles. The Bertz CT molecular complexity index is 297. The van der Waals surface area contributed by atoms with Crippen LogP contribution in [0.15, 0.2) is 12.1 Å². The Morgan fingerprint density at radius 2 is 2.21 bits per heavy atom. The fraction of sp³-hybridized carbons (Fsp3) is 0.545. The zero-order chi connectivity index (χ0) is 10.6. The molecule has 3 nitrogen and oxygen atoms in total. The fourth-order valence-electron chi connectivity index (χ4n) is 1.12. The Kier molecular flexibility index (Phi) is 3.74. The molecule has 0 saturated carbocycles. The summed E-state index contributed by atoms with van der Waals surface area (Å²) >= 11 is 0. The summed E-state index contributed by atoms with van der Waals surface area (Å²) < 4.78 is 0. The van der Waals surface area contributed by atoms with Gasteiger partial charge >= 0.3 is 0 Å². The fourth-order valence-corrected chi connectivity index (χ4v) is 1.12. The third-order valence-corrected chi connectivity index (χ3v) is 2.38. The molecule has 14 heavy (non-hydrogen) atoms. The molecule has 1 atom stereocenters. The summed E-state index contributed by atoms with van der Waals surface area (Å²) in [5, 5.41) is 3.27. The molecule has 0 radical (unpaired) electrons. The van der Waals surface area contributed by atoms with Crippen LogP contribution in [0.5, 0.6) is 0 Å². The van der Waals surface area contributed by atoms with Gasteiger partial charge in [-0.1, -0.05) is 20.3 Å². The number of hydrogen-bond donors (Lipinski definition) is 2. The number of rotatable bonds is 4. The number of nitrogens with two attached hydrogens (primary N) is 1. The van der Waals surface area contributed by atoms with Crippen LogP contribution in [0.3, 0.4) is 0 Å². The first-order valence-corrected chi connectivity index (χ1v) is 5.10. The van der Waals surface area contributed by atoms with Gasteiger partial charge in [0.2, 0.25) is 0 Å². The van der Waals surface area contributed by atoms with Crippen molar-refractivity contribution in [3.05, 3.63) is 17.8 Å². The van der Waals surface area contributed by atoms with Gasteiger partial charge in [0.1, 0.15) is 5.82 Å². The molecular weight excluding hydrogens is 174 g/mol. The van der Waals surface area contributed by atoms with Crippen molar-refractivity contribution >= 4 is 11.5 Å². The van der Waals surface area contributed by atoms with Gasteiger partial charge < -0.3 is 11.1 Å². The van der Waals surface area contributed by atoms with Gasteiger partial charge in [0.05, 0.1) is 5.69 Å². The standard InChI is InChI=1S/C11H19N3/c1-4-8(2)7-13-11-10(12)6-5-9(3)14-11/h5-6,8H,4,7,12H2,1-3H3,(H,13,14). The lowest BCUT2D eigenvalue weighted by atomic mass is 10.1. The van der Waals surface area contributed by atoms with Crippen molar-refractivity contribution < 1.29 is 0 Å². The Balaban J connectivity index is 2.62. The highest BCUT2D eigenvalue weighted by atomic mass is 15.0. The predicted octanol–water partition coefficient (Wildman–Crippen LogP) is 2.43. The molecule has 0 aliphatic carbocycles. The number of pyridine rings is 1. The lowest BCUT2D eigenvalue weighted by molar-refractivity contribution is 0.592. The highest BCUT2D eigenvalue weighted by Gasteiger charge is 2.02. The SMILES string of the molecule is CCC(C)CNc1nc(C)ccc1N. The summed E-state index contributed by atoms with van der Waals surface area (Å²) in [6, 6.07) is 3.81. The zero-order valence-electron chi connectivity index (χ0n) is 9.17. The molecule has 1 heterocycles. The molecular formula is C11H19N3. The summed E-state index contributed by atoms with van der Waals surface area (Å²) in [4.78, 5) is 4.34. The minimum Gasteiger partial charge on any atom is -0.396 e. The Labute approximate surface area is 85.7 Å². The highest BCUT2D eigenvalue weighted by Crippen LogP contribution is 2.15. The van der Waals surface area contributed by atoms with E-state index < -0.39 is 0 Å². The molecule has 0 fully saturated rings. The van der Waals surface area contributed by atoms with Crippen molar-refractivity contribution in [2.24, 2.45) is 5.92 Å². The van der Waals surface area contributed by atoms with Gasteiger partial charge in [-0.3, -0.25) is 0 Å². The van der Waals surface area contributed by atoms with Gasteiger partial charge in [-0.15, -0.1) is 0 Å². The van der Waals surface area contributed by atoms with Crippen molar-refractivity contribution in [3.8, 4) is 0 Å². The van der Waals surface area contributed by atoms with Crippen molar-refractivity contribution in [3.63, 3.8) is 0 Å². The van der Waals surface area contributed by atoms with E-state index in [1.54, 1.807) is 0 Å². The summed E-state index contributed by atoms with van der Waals surface area (Å²) in [5.74, 6) is 1.46. The molecule has 0 spiro atoms. The number of anilines is 2. The minimum absolute atomic E-state index is 0.650. The lowest BCUT2D eigenvalue weighted by Gasteiger charge is -2.12. The Hall–Kier alpha value is -1.25. The molecule has 1 rings (SSSR count). The van der Waals surface area contributed by atoms with Gasteiger partial charge in [0.15, 0.2) is 0 Å². The molecule has 0 aliphatic heterocycles. The van der Waals surface area contributed by atoms with Crippen molar-refractivity contribution in [2.75, 3.05) is 17.6 Å². The molecule has 3 heteroatoms. The van der Waals surface area contributed by atoms with Crippen LogP contribution in [0.1, 0.15) is 26.0 Å². The quantitative estimate of drug-likeness (QED) is 0.772. The molecule has 1 aromatic rings. The molecule has 3 N–H and O–H groups in total. The third-order valence-electron chi connectivity index (χ3n) is 2.38. The molecule has 1 aromatic heterocycles. The number of aryl methyl sites for hydroxylation is 1. The average molecular weight is 193 g/mol. The predicted molar refractivity (Wildman–Crippen MR) is 61.3 cm³/mol. The summed E-state index contributed by atoms with van der Waals surface area (Å²) in [6.45, 7) is 7.28. The maximum absolute atomic E-state index is 5.79. The Morgan fingerprint density at radius 3 is 2.86 bits per heavy atom. The first-order valence-electron chi connectivity index (χ1n) is 5.10. The smallest absolute Gasteiger partial charge is 0.149 e. The molecule has 78 valence electrons. The van der Waals surface area contributed by atoms with Crippen LogP contribution in [0.4, 0.5) is 11.5 Å². The first kappa shape index (κ1) is 10.8. The van der Waals surface area contributed by atoms with E-state index >= 15 is 0 Å². The molecule has 0 saturated heterocycles. The van der Waals surface area contributed by atoms with E-state index in [0.717, 1.165) is 23.7 Å². The van der Waals surface area contributed by atoms with E-state index in [2.05, 4.69) is 24.1 Å². The first-order chi connectivity index (χ1) is 6.63. The van der Waals surface area contributed by atoms with Crippen LogP contribution in [0.2, 0.25) is 0 Å². The summed E-state index contributed by atoms with van der Waals surface area (Å²) in [5.41, 5.74) is 7.50. The van der Waals surface area contributed by atoms with Gasteiger partial charge in [-0.05, 0) is 25.0 Å². The van der Waals surface area contributed by atoms with E-state index in [1.807, 2.05) is 19.1 Å². The van der Waals surface area contributed by atoms with Gasteiger partial charge in [0.25, 0.3) is 0 Å². The van der Waals surface area contributed by atoms with Gasteiger partial charge in [0, 0.05) is 12.2 Å². The minimum atomic E-state index is 0.650. The molecule has 0 bridgehead atoms. The summed E-state index contributed by atoms with van der Waals surface area (Å²) in [7, 11) is 0. The lowest BCUT2D eigenvalue weighted by Crippen LogP contribution is -2.12. The van der Waals surface area contributed by atoms with E-state index in [4.69, 9.17) is 5.73 Å². The number of hydrogen-bond acceptors (Lipinski definition) is 3. The van der Waals surface area contributed by atoms with Crippen molar-refractivity contribution in [1.82, 2.24) is 4.98 Å². The second-order valence-corrected chi connectivity index (χ2v) is 3.78. The van der Waals surface area contributed by atoms with Gasteiger partial charge in [-0.2, -0.15) is 0 Å². The van der Waals surface area contributed by atoms with Crippen LogP contribution < -0.4 is 11.1 Å². The van der Waals surface area contributed by atoms with E-state index in [1.165, 1.54) is 6.42 Å². The largest absolute Gasteiger partial charge is 0.396 e. The number of nitrogens with one attached hydrogen (secondary N) is 1. The normalized spacial score (nSPS) is 12.5. The Morgan fingerprint density at radius 1 is 1.50 bits per heavy atom. The number of nitrogens with zero attached hydrogens (tertiary/aromatic N) is 1. The van der Waals surface area contributed by atoms with Crippen LogP contribution >= 0.6 is 0 Å². The number of nitrogen functional groups attached to an aromatic ring is 1. The number of aromatic nitrogens is 1. The average Bonchev–Trinajstić information content (AvgIpc) is 2.19. The highest BCUT2D eigenvalue weighted by molar-refractivity contribution is 5.61. The van der Waals surface area contributed by atoms with Gasteiger partial charge in [-0.25, -0.2) is 4.98 Å². The van der Waals surface area contributed by atoms with Crippen LogP contribution in [-0.2, 0) is 0 Å². The zero-order valence-corrected chi connectivity index (χ0v) is 9.17. The maximum Gasteiger partial charge on any atom is 0.149 e. The molecule has 0 aliphatic rings. The summed E-state index contributed by atoms with van der Waals surface area (Å²) in [6.07, 6.45) is 1.17. The topological polar surface area (TPSA) is 50.9 Å².